The summed E-state index contributed by atoms with van der Waals surface area (Å²) in [7, 11) is 0. The third kappa shape index (κ3) is 3.61. The number of ether oxygens (including phenoxy) is 1. The molecule has 6 nitrogen and oxygen atoms in total. The second-order valence-corrected chi connectivity index (χ2v) is 3.67. The van der Waals surface area contributed by atoms with Crippen molar-refractivity contribution in [2.45, 2.75) is 6.61 Å². The topological polar surface area (TPSA) is 84.1 Å². The highest BCUT2D eigenvalue weighted by Gasteiger charge is 2.09. The fraction of sp³-hybridized carbons (Fsp3) is 0.0833. The van der Waals surface area contributed by atoms with Crippen LogP contribution in [0.1, 0.15) is 10.5 Å². The zero-order valence-electron chi connectivity index (χ0n) is 9.97. The number of hydrogen-bond acceptors (Lipinski definition) is 4. The van der Waals surface area contributed by atoms with Gasteiger partial charge in [0.1, 0.15) is 11.4 Å². The Kier molecular flexibility index (Phi) is 4.04. The molecule has 0 aliphatic rings. The van der Waals surface area contributed by atoms with E-state index in [4.69, 9.17) is 0 Å². The van der Waals surface area contributed by atoms with E-state index in [9.17, 15) is 18.4 Å². The monoisotopic (exact) mass is 281 g/mol. The van der Waals surface area contributed by atoms with Gasteiger partial charge >= 0.3 is 6.61 Å². The number of anilines is 1. The van der Waals surface area contributed by atoms with E-state index >= 15 is 0 Å². The summed E-state index contributed by atoms with van der Waals surface area (Å²) in [6.07, 6.45) is 0. The van der Waals surface area contributed by atoms with Crippen molar-refractivity contribution in [3.8, 4) is 5.75 Å². The van der Waals surface area contributed by atoms with Crippen LogP contribution in [0, 0.1) is 0 Å². The van der Waals surface area contributed by atoms with E-state index in [1.807, 2.05) is 0 Å². The molecule has 2 aromatic rings. The van der Waals surface area contributed by atoms with Crippen molar-refractivity contribution in [1.29, 1.82) is 0 Å². The van der Waals surface area contributed by atoms with Crippen molar-refractivity contribution in [1.82, 2.24) is 10.2 Å². The van der Waals surface area contributed by atoms with Gasteiger partial charge in [-0.2, -0.15) is 13.9 Å². The minimum Gasteiger partial charge on any atom is -0.435 e. The number of alkyl halides is 2. The Morgan fingerprint density at radius 3 is 2.75 bits per heavy atom. The molecule has 1 aromatic carbocycles. The number of carbonyl (C=O) groups is 1. The first-order valence-corrected chi connectivity index (χ1v) is 5.46. The fourth-order valence-corrected chi connectivity index (χ4v) is 1.42. The molecule has 0 aliphatic carbocycles. The van der Waals surface area contributed by atoms with Crippen LogP contribution in [0.4, 0.5) is 14.5 Å². The number of benzene rings is 1. The third-order valence-electron chi connectivity index (χ3n) is 2.23. The zero-order chi connectivity index (χ0) is 14.5. The molecule has 0 bridgehead atoms. The maximum absolute atomic E-state index is 12.1. The number of halogens is 2. The standard InChI is InChI=1S/C12H9F2N3O3/c13-12(14)20-8-3-1-2-7(6-8)15-11(19)9-4-5-10(18)17-16-9/h1-6,12H,(H,15,19)(H,17,18). The van der Waals surface area contributed by atoms with Gasteiger partial charge in [-0.3, -0.25) is 9.59 Å². The molecule has 0 atom stereocenters. The maximum Gasteiger partial charge on any atom is 0.387 e. The van der Waals surface area contributed by atoms with Crippen molar-refractivity contribution in [2.75, 3.05) is 5.32 Å². The van der Waals surface area contributed by atoms with Crippen LogP contribution in [-0.2, 0) is 0 Å². The number of rotatable bonds is 4. The summed E-state index contributed by atoms with van der Waals surface area (Å²) in [4.78, 5) is 22.6. The van der Waals surface area contributed by atoms with E-state index in [0.29, 0.717) is 0 Å². The summed E-state index contributed by atoms with van der Waals surface area (Å²) in [5.41, 5.74) is -0.181. The minimum atomic E-state index is -2.94. The van der Waals surface area contributed by atoms with E-state index in [2.05, 4.69) is 20.3 Å². The quantitative estimate of drug-likeness (QED) is 0.892. The van der Waals surface area contributed by atoms with Crippen LogP contribution < -0.4 is 15.6 Å². The normalized spacial score (nSPS) is 10.3. The van der Waals surface area contributed by atoms with Crippen molar-refractivity contribution in [2.24, 2.45) is 0 Å². The summed E-state index contributed by atoms with van der Waals surface area (Å²) < 4.78 is 28.3. The summed E-state index contributed by atoms with van der Waals surface area (Å²) in [6.45, 7) is -2.94. The van der Waals surface area contributed by atoms with Crippen LogP contribution in [0.15, 0.2) is 41.2 Å². The van der Waals surface area contributed by atoms with Crippen LogP contribution in [0.2, 0.25) is 0 Å². The SMILES string of the molecule is O=C(Nc1cccc(OC(F)F)c1)c1ccc(=O)[nH]n1. The van der Waals surface area contributed by atoms with Gasteiger partial charge in [0.2, 0.25) is 0 Å². The Labute approximate surface area is 111 Å². The molecule has 0 saturated heterocycles. The third-order valence-corrected chi connectivity index (χ3v) is 2.23. The van der Waals surface area contributed by atoms with Gasteiger partial charge in [-0.25, -0.2) is 5.10 Å². The first kappa shape index (κ1) is 13.7. The summed E-state index contributed by atoms with van der Waals surface area (Å²) in [6, 6.07) is 7.93. The average molecular weight is 281 g/mol. The molecular weight excluding hydrogens is 272 g/mol. The Morgan fingerprint density at radius 2 is 2.10 bits per heavy atom. The number of H-pyrrole nitrogens is 1. The van der Waals surface area contributed by atoms with E-state index in [-0.39, 0.29) is 17.1 Å². The lowest BCUT2D eigenvalue weighted by Gasteiger charge is -2.07. The van der Waals surface area contributed by atoms with Crippen molar-refractivity contribution in [3.05, 3.63) is 52.4 Å². The van der Waals surface area contributed by atoms with Crippen LogP contribution >= 0.6 is 0 Å². The Bertz CT molecular complexity index is 652. The highest BCUT2D eigenvalue weighted by Crippen LogP contribution is 2.19. The zero-order valence-corrected chi connectivity index (χ0v) is 9.97. The molecular formula is C12H9F2N3O3. The molecule has 0 spiro atoms. The Morgan fingerprint density at radius 1 is 1.30 bits per heavy atom. The van der Waals surface area contributed by atoms with Crippen molar-refractivity contribution >= 4 is 11.6 Å². The molecule has 104 valence electrons. The number of aromatic nitrogens is 2. The second-order valence-electron chi connectivity index (χ2n) is 3.67. The van der Waals surface area contributed by atoms with Gasteiger partial charge in [0.15, 0.2) is 0 Å². The first-order valence-electron chi connectivity index (χ1n) is 5.46. The number of amides is 1. The number of carbonyl (C=O) groups excluding carboxylic acids is 1. The van der Waals surface area contributed by atoms with Gasteiger partial charge < -0.3 is 10.1 Å². The van der Waals surface area contributed by atoms with E-state index in [1.165, 1.54) is 30.3 Å². The van der Waals surface area contributed by atoms with Gasteiger partial charge in [0.05, 0.1) is 0 Å². The predicted molar refractivity (Wildman–Crippen MR) is 65.9 cm³/mol. The lowest BCUT2D eigenvalue weighted by atomic mass is 10.3. The fourth-order valence-electron chi connectivity index (χ4n) is 1.42. The summed E-state index contributed by atoms with van der Waals surface area (Å²) in [5, 5.41) is 8.10. The van der Waals surface area contributed by atoms with E-state index in [0.717, 1.165) is 6.07 Å². The van der Waals surface area contributed by atoms with E-state index in [1.54, 1.807) is 0 Å². The molecule has 1 amide bonds. The van der Waals surface area contributed by atoms with Crippen molar-refractivity contribution in [3.63, 3.8) is 0 Å². The Balaban J connectivity index is 2.11. The van der Waals surface area contributed by atoms with E-state index < -0.39 is 18.1 Å². The Hall–Kier alpha value is -2.77. The second kappa shape index (κ2) is 5.91. The predicted octanol–water partition coefficient (Wildman–Crippen LogP) is 1.62. The molecule has 0 radical (unpaired) electrons. The number of nitrogens with zero attached hydrogens (tertiary/aromatic N) is 1. The molecule has 2 rings (SSSR count). The highest BCUT2D eigenvalue weighted by molar-refractivity contribution is 6.02. The molecule has 20 heavy (non-hydrogen) atoms. The van der Waals surface area contributed by atoms with Gasteiger partial charge in [0.25, 0.3) is 11.5 Å². The summed E-state index contributed by atoms with van der Waals surface area (Å²) in [5.74, 6) is -0.664. The number of aromatic amines is 1. The average Bonchev–Trinajstić information content (AvgIpc) is 2.39. The molecule has 8 heteroatoms. The largest absolute Gasteiger partial charge is 0.435 e. The van der Waals surface area contributed by atoms with Crippen LogP contribution in [0.3, 0.4) is 0 Å². The molecule has 0 fully saturated rings. The smallest absolute Gasteiger partial charge is 0.387 e. The van der Waals surface area contributed by atoms with Crippen LogP contribution in [-0.4, -0.2) is 22.7 Å². The minimum absolute atomic E-state index is 0.00946. The van der Waals surface area contributed by atoms with Gasteiger partial charge in [-0.15, -0.1) is 0 Å². The molecule has 0 aliphatic heterocycles. The molecule has 0 saturated carbocycles. The number of nitrogens with one attached hydrogen (secondary N) is 2. The molecule has 1 heterocycles. The van der Waals surface area contributed by atoms with Gasteiger partial charge in [0, 0.05) is 17.8 Å². The van der Waals surface area contributed by atoms with Gasteiger partial charge in [-0.1, -0.05) is 6.07 Å². The van der Waals surface area contributed by atoms with Crippen LogP contribution in [0.5, 0.6) is 5.75 Å². The lowest BCUT2D eigenvalue weighted by molar-refractivity contribution is -0.0497. The van der Waals surface area contributed by atoms with Gasteiger partial charge in [-0.05, 0) is 18.2 Å². The maximum atomic E-state index is 12.1. The first-order chi connectivity index (χ1) is 9.54. The molecule has 0 unspecified atom stereocenters. The highest BCUT2D eigenvalue weighted by atomic mass is 19.3. The van der Waals surface area contributed by atoms with Crippen molar-refractivity contribution < 1.29 is 18.3 Å². The number of hydrogen-bond donors (Lipinski definition) is 2. The molecule has 1 aromatic heterocycles. The summed E-state index contributed by atoms with van der Waals surface area (Å²) >= 11 is 0. The van der Waals surface area contributed by atoms with Crippen LogP contribution in [0.25, 0.3) is 0 Å². The molecule has 2 N–H and O–H groups in total. The lowest BCUT2D eigenvalue weighted by Crippen LogP contribution is -2.17.